The zero-order valence-electron chi connectivity index (χ0n) is 11.5. The molecular weight excluding hydrogens is 132 g/mol. The highest BCUT2D eigenvalue weighted by molar-refractivity contribution is 7.09. The number of aromatic nitrogens is 1. The molecule has 1 aromatic heterocycles. The van der Waals surface area contributed by atoms with Crippen molar-refractivity contribution in [2.75, 3.05) is 5.73 Å². The molecule has 1 aromatic rings. The Kier molecular flexibility index (Phi) is 0.613. The van der Waals surface area contributed by atoms with E-state index in [2.05, 4.69) is 4.98 Å². The highest BCUT2D eigenvalue weighted by Gasteiger charge is 1.94. The predicted octanol–water partition coefficient (Wildman–Crippen LogP) is 1.68. The minimum atomic E-state index is -3.07. The van der Waals surface area contributed by atoms with Crippen molar-refractivity contribution in [3.05, 3.63) is 10.4 Å². The van der Waals surface area contributed by atoms with E-state index in [0.29, 0.717) is 0 Å². The van der Waals surface area contributed by atoms with Gasteiger partial charge in [0.25, 0.3) is 0 Å². The van der Waals surface area contributed by atoms with Crippen LogP contribution in [0.4, 0.5) is 5.82 Å². The highest BCUT2D eigenvalue weighted by Crippen LogP contribution is 2.11. The molecular formula is C6H10N2S. The molecule has 0 aliphatic carbocycles. The Balaban J connectivity index is 3.21. The molecule has 0 fully saturated rings. The van der Waals surface area contributed by atoms with Gasteiger partial charge in [-0.05, 0) is 12.7 Å². The van der Waals surface area contributed by atoms with Crippen LogP contribution < -0.4 is 5.73 Å². The lowest BCUT2D eigenvalue weighted by Crippen LogP contribution is -1.85. The van der Waals surface area contributed by atoms with Gasteiger partial charge in [0.15, 0.2) is 0 Å². The Morgan fingerprint density at radius 1 is 2.11 bits per heavy atom. The SMILES string of the molecule is [2H]C([2H])([2H])C([2H])([2H])C([2H])([2H])c1nc(N)cs1. The average molecular weight is 149 g/mol. The molecule has 0 bridgehead atoms. The second-order valence-corrected chi connectivity index (χ2v) is 2.19. The lowest BCUT2D eigenvalue weighted by molar-refractivity contribution is 0.910. The number of nitrogens with zero attached hydrogens (tertiary/aromatic N) is 1. The molecule has 0 spiro atoms. The first-order chi connectivity index (χ1) is 7.00. The fourth-order valence-electron chi connectivity index (χ4n) is 0.397. The third-order valence-corrected chi connectivity index (χ3v) is 1.47. The molecule has 50 valence electrons. The van der Waals surface area contributed by atoms with E-state index < -0.39 is 19.6 Å². The lowest BCUT2D eigenvalue weighted by atomic mass is 10.4. The maximum Gasteiger partial charge on any atom is 0.134 e. The van der Waals surface area contributed by atoms with Gasteiger partial charge < -0.3 is 5.73 Å². The van der Waals surface area contributed by atoms with Crippen molar-refractivity contribution in [1.29, 1.82) is 0 Å². The first-order valence-corrected chi connectivity index (χ1v) is 3.09. The minimum absolute atomic E-state index is 0.0465. The Morgan fingerprint density at radius 2 is 3.00 bits per heavy atom. The summed E-state index contributed by atoms with van der Waals surface area (Å²) in [5.41, 5.74) is 5.30. The predicted molar refractivity (Wildman–Crippen MR) is 40.5 cm³/mol. The van der Waals surface area contributed by atoms with Gasteiger partial charge in [-0.2, -0.15) is 0 Å². The maximum absolute atomic E-state index is 7.56. The minimum Gasteiger partial charge on any atom is -0.383 e. The summed E-state index contributed by atoms with van der Waals surface area (Å²) in [5.74, 6) is 0.0465. The number of thiazole rings is 1. The lowest BCUT2D eigenvalue weighted by Gasteiger charge is -1.85. The van der Waals surface area contributed by atoms with Gasteiger partial charge in [0.2, 0.25) is 0 Å². The van der Waals surface area contributed by atoms with E-state index in [1.807, 2.05) is 0 Å². The van der Waals surface area contributed by atoms with Gasteiger partial charge in [0, 0.05) is 15.0 Å². The molecule has 3 heteroatoms. The van der Waals surface area contributed by atoms with E-state index >= 15 is 0 Å². The topological polar surface area (TPSA) is 38.9 Å². The number of rotatable bonds is 2. The smallest absolute Gasteiger partial charge is 0.134 e. The van der Waals surface area contributed by atoms with Crippen LogP contribution in [-0.2, 0) is 6.37 Å². The van der Waals surface area contributed by atoms with Gasteiger partial charge >= 0.3 is 0 Å². The van der Waals surface area contributed by atoms with Crippen LogP contribution in [0, 0.1) is 0 Å². The van der Waals surface area contributed by atoms with Crippen LogP contribution in [0.25, 0.3) is 0 Å². The number of anilines is 1. The molecule has 0 saturated carbocycles. The fourth-order valence-corrected chi connectivity index (χ4v) is 0.950. The van der Waals surface area contributed by atoms with Crippen molar-refractivity contribution in [3.8, 4) is 0 Å². The van der Waals surface area contributed by atoms with Crippen LogP contribution in [0.1, 0.15) is 27.8 Å². The molecule has 0 radical (unpaired) electrons. The molecule has 0 aliphatic heterocycles. The molecule has 0 aliphatic rings. The highest BCUT2D eigenvalue weighted by atomic mass is 32.1. The van der Waals surface area contributed by atoms with Crippen molar-refractivity contribution in [3.63, 3.8) is 0 Å². The van der Waals surface area contributed by atoms with Gasteiger partial charge in [-0.25, -0.2) is 4.98 Å². The monoisotopic (exact) mass is 149 g/mol. The Labute approximate surface area is 68.6 Å². The first kappa shape index (κ1) is 1.95. The average Bonchev–Trinajstić information content (AvgIpc) is 2.49. The van der Waals surface area contributed by atoms with Gasteiger partial charge in [-0.15, -0.1) is 11.3 Å². The number of hydrogen-bond acceptors (Lipinski definition) is 3. The number of nitrogens with two attached hydrogens (primary N) is 1. The quantitative estimate of drug-likeness (QED) is 0.694. The summed E-state index contributed by atoms with van der Waals surface area (Å²) in [6.45, 7) is -3.07. The number of hydrogen-bond donors (Lipinski definition) is 1. The van der Waals surface area contributed by atoms with Crippen molar-refractivity contribution >= 4 is 17.2 Å². The third-order valence-electron chi connectivity index (χ3n) is 0.691. The van der Waals surface area contributed by atoms with Crippen molar-refractivity contribution < 1.29 is 9.60 Å². The van der Waals surface area contributed by atoms with Crippen LogP contribution in [0.5, 0.6) is 0 Å². The van der Waals surface area contributed by atoms with Gasteiger partial charge in [-0.1, -0.05) is 6.85 Å². The second kappa shape index (κ2) is 2.82. The summed E-state index contributed by atoms with van der Waals surface area (Å²) < 4.78 is 50.9. The third kappa shape index (κ3) is 1.68. The molecule has 2 N–H and O–H groups in total. The van der Waals surface area contributed by atoms with E-state index in [9.17, 15) is 0 Å². The van der Waals surface area contributed by atoms with Crippen LogP contribution in [-0.4, -0.2) is 4.98 Å². The molecule has 0 unspecified atom stereocenters. The fraction of sp³-hybridized carbons (Fsp3) is 0.500. The van der Waals surface area contributed by atoms with E-state index in [1.54, 1.807) is 0 Å². The molecule has 0 saturated heterocycles. The molecule has 0 atom stereocenters. The van der Waals surface area contributed by atoms with Crippen molar-refractivity contribution in [2.45, 2.75) is 19.6 Å². The molecule has 2 nitrogen and oxygen atoms in total. The summed E-state index contributed by atoms with van der Waals surface area (Å²) in [6, 6.07) is 0. The van der Waals surface area contributed by atoms with Gasteiger partial charge in [0.1, 0.15) is 5.82 Å². The van der Waals surface area contributed by atoms with Crippen molar-refractivity contribution in [2.24, 2.45) is 0 Å². The van der Waals surface area contributed by atoms with E-state index in [-0.39, 0.29) is 10.8 Å². The molecule has 9 heavy (non-hydrogen) atoms. The van der Waals surface area contributed by atoms with Gasteiger partial charge in [0.05, 0.1) is 5.01 Å². The van der Waals surface area contributed by atoms with Crippen LogP contribution in [0.2, 0.25) is 0 Å². The standard InChI is InChI=1S/C6H10N2S/c1-2-3-6-8-5(7)4-9-6/h4H,2-3,7H2,1H3/i1D3,2D2,3D2. The first-order valence-electron chi connectivity index (χ1n) is 5.71. The van der Waals surface area contributed by atoms with Crippen LogP contribution in [0.3, 0.4) is 0 Å². The summed E-state index contributed by atoms with van der Waals surface area (Å²) in [6.07, 6.45) is -5.73. The van der Waals surface area contributed by atoms with Crippen molar-refractivity contribution in [1.82, 2.24) is 4.98 Å². The van der Waals surface area contributed by atoms with Crippen LogP contribution >= 0.6 is 11.3 Å². The van der Waals surface area contributed by atoms with E-state index in [1.165, 1.54) is 5.38 Å². The zero-order chi connectivity index (χ0) is 12.8. The largest absolute Gasteiger partial charge is 0.383 e. The van der Waals surface area contributed by atoms with Gasteiger partial charge in [-0.3, -0.25) is 0 Å². The van der Waals surface area contributed by atoms with E-state index in [0.717, 1.165) is 11.3 Å². The molecule has 0 amide bonds. The second-order valence-electron chi connectivity index (χ2n) is 1.33. The number of nitrogen functional groups attached to an aromatic ring is 1. The Hall–Kier alpha value is -0.570. The maximum atomic E-state index is 7.56. The normalized spacial score (nSPS) is 26.0. The summed E-state index contributed by atoms with van der Waals surface area (Å²) >= 11 is 0.798. The zero-order valence-corrected chi connectivity index (χ0v) is 5.33. The van der Waals surface area contributed by atoms with E-state index in [4.69, 9.17) is 15.3 Å². The molecule has 1 rings (SSSR count). The summed E-state index contributed by atoms with van der Waals surface area (Å²) in [5, 5.41) is 1.06. The van der Waals surface area contributed by atoms with Crippen LogP contribution in [0.15, 0.2) is 5.38 Å². The molecule has 1 heterocycles. The summed E-state index contributed by atoms with van der Waals surface area (Å²) in [4.78, 5) is 3.59. The molecule has 0 aromatic carbocycles. The Morgan fingerprint density at radius 3 is 3.56 bits per heavy atom. The number of aryl methyl sites for hydroxylation is 1. The Bertz CT molecular complexity index is 382. The summed E-state index contributed by atoms with van der Waals surface area (Å²) in [7, 11) is 0.